The molecule has 0 radical (unpaired) electrons. The molecule has 0 saturated heterocycles. The van der Waals surface area contributed by atoms with Crippen LogP contribution in [0.2, 0.25) is 0 Å². The monoisotopic (exact) mass is 586 g/mol. The molecule has 0 saturated carbocycles. The van der Waals surface area contributed by atoms with Crippen molar-refractivity contribution >= 4 is 21.7 Å². The van der Waals surface area contributed by atoms with E-state index in [1.54, 1.807) is 0 Å². The maximum atomic E-state index is 13.1. The molecule has 200 valence electrons. The normalized spacial score (nSPS) is 12.6. The first-order valence-electron chi connectivity index (χ1n) is 12.9. The Labute approximate surface area is 236 Å². The molecular formula is C32H51BrFeO. The quantitative estimate of drug-likeness (QED) is 0.142. The van der Waals surface area contributed by atoms with E-state index in [9.17, 15) is 4.79 Å². The van der Waals surface area contributed by atoms with Crippen LogP contribution in [0, 0.1) is 0 Å². The van der Waals surface area contributed by atoms with Gasteiger partial charge < -0.3 is 0 Å². The van der Waals surface area contributed by atoms with Crippen LogP contribution in [0.15, 0.2) is 30.3 Å². The fourth-order valence-corrected chi connectivity index (χ4v) is 5.43. The number of alkyl halides is 1. The zero-order valence-electron chi connectivity index (χ0n) is 24.6. The molecule has 2 aromatic carbocycles. The van der Waals surface area contributed by atoms with Gasteiger partial charge in [-0.25, -0.2) is 12.1 Å². The third kappa shape index (κ3) is 9.98. The summed E-state index contributed by atoms with van der Waals surface area (Å²) >= 11 is 3.49. The number of carbonyl (C=O) groups is 1. The molecule has 2 rings (SSSR count). The number of hydrogen-bond acceptors (Lipinski definition) is 1. The van der Waals surface area contributed by atoms with Gasteiger partial charge in [-0.15, -0.1) is 5.56 Å². The number of halogens is 1. The van der Waals surface area contributed by atoms with Gasteiger partial charge in [-0.3, -0.25) is 4.79 Å². The Morgan fingerprint density at radius 2 is 1.29 bits per heavy atom. The van der Waals surface area contributed by atoms with E-state index in [1.807, 2.05) is 30.3 Å². The predicted molar refractivity (Wildman–Crippen MR) is 155 cm³/mol. The first-order valence-corrected chi connectivity index (χ1v) is 14.1. The van der Waals surface area contributed by atoms with Gasteiger partial charge in [0.2, 0.25) is 0 Å². The van der Waals surface area contributed by atoms with E-state index in [0.29, 0.717) is 18.6 Å². The number of unbranched alkanes of at least 4 members (excludes halogenated alkanes) is 1. The summed E-state index contributed by atoms with van der Waals surface area (Å²) in [6.07, 6.45) is 3.28. The van der Waals surface area contributed by atoms with Crippen LogP contribution < -0.4 is 0 Å². The van der Waals surface area contributed by atoms with Gasteiger partial charge in [0.15, 0.2) is 0 Å². The smallest absolute Gasteiger partial charge is 0.299 e. The summed E-state index contributed by atoms with van der Waals surface area (Å²) < 4.78 is 0. The Morgan fingerprint density at radius 1 is 0.800 bits per heavy atom. The molecule has 0 bridgehead atoms. The van der Waals surface area contributed by atoms with Gasteiger partial charge in [0, 0.05) is 18.2 Å². The molecule has 0 fully saturated rings. The number of rotatable bonds is 6. The molecule has 0 spiro atoms. The molecule has 0 atom stereocenters. The molecule has 35 heavy (non-hydrogen) atoms. The van der Waals surface area contributed by atoms with Crippen LogP contribution in [0.5, 0.6) is 0 Å². The maximum Gasteiger partial charge on any atom is 2.00 e. The second kappa shape index (κ2) is 13.2. The molecule has 0 aliphatic rings. The molecule has 0 aliphatic carbocycles. The summed E-state index contributed by atoms with van der Waals surface area (Å²) in [5, 5.41) is 0.972. The zero-order valence-corrected chi connectivity index (χ0v) is 27.3. The Morgan fingerprint density at radius 3 is 1.60 bits per heavy atom. The van der Waals surface area contributed by atoms with Crippen molar-refractivity contribution in [1.82, 2.24) is 0 Å². The topological polar surface area (TPSA) is 17.1 Å². The van der Waals surface area contributed by atoms with E-state index in [2.05, 4.69) is 99.0 Å². The van der Waals surface area contributed by atoms with Crippen LogP contribution in [0.25, 0.3) is 0 Å². The molecule has 0 N–H and O–H groups in total. The minimum atomic E-state index is -0.00240. The predicted octanol–water partition coefficient (Wildman–Crippen LogP) is 9.68. The van der Waals surface area contributed by atoms with Crippen molar-refractivity contribution in [3.63, 3.8) is 0 Å². The standard InChI is InChI=1S/C27H46BrO.C5H5.Fe/c1-24(2,3)20-19(17-18(29)15-13-14-16-28)21(25(4,5)6)23(27(10,11)12)22(20)26(7,8)9;1-2-4-5-3-1;/h13-17H2,1-12H3;1-5H;/q2*-1;+2. The fraction of sp³-hybridized carbons (Fsp3) is 0.656. The molecule has 2 aromatic rings. The van der Waals surface area contributed by atoms with Crippen molar-refractivity contribution in [2.24, 2.45) is 0 Å². The van der Waals surface area contributed by atoms with Gasteiger partial charge >= 0.3 is 17.1 Å². The van der Waals surface area contributed by atoms with Crippen LogP contribution >= 0.6 is 15.9 Å². The largest absolute Gasteiger partial charge is 2.00 e. The SMILES string of the molecule is CC(C)(C)c1c(C(C)(C)C)c(C(C)(C)C)[c-](C(C)(C)C)c1CC(=O)CCCCBr.[Fe+2].c1cc[cH-]c1. The molecule has 0 heterocycles. The van der Waals surface area contributed by atoms with E-state index in [0.717, 1.165) is 18.2 Å². The minimum absolute atomic E-state index is 0. The van der Waals surface area contributed by atoms with Gasteiger partial charge in [-0.2, -0.15) is 40.5 Å². The number of carbonyl (C=O) groups excluding carboxylic acids is 1. The van der Waals surface area contributed by atoms with E-state index in [4.69, 9.17) is 0 Å². The summed E-state index contributed by atoms with van der Waals surface area (Å²) in [6.45, 7) is 27.9. The first kappa shape index (κ1) is 34.4. The molecular weight excluding hydrogens is 536 g/mol. The second-order valence-electron chi connectivity index (χ2n) is 13.8. The van der Waals surface area contributed by atoms with Crippen LogP contribution in [-0.2, 0) is 49.9 Å². The third-order valence-electron chi connectivity index (χ3n) is 6.12. The van der Waals surface area contributed by atoms with E-state index < -0.39 is 0 Å². The van der Waals surface area contributed by atoms with Crippen molar-refractivity contribution in [1.29, 1.82) is 0 Å². The fourth-order valence-electron chi connectivity index (χ4n) is 5.03. The van der Waals surface area contributed by atoms with Crippen molar-refractivity contribution in [2.45, 2.75) is 130 Å². The van der Waals surface area contributed by atoms with Crippen molar-refractivity contribution in [2.75, 3.05) is 5.33 Å². The summed E-state index contributed by atoms with van der Waals surface area (Å²) in [7, 11) is 0. The first-order chi connectivity index (χ1) is 15.3. The van der Waals surface area contributed by atoms with Gasteiger partial charge in [0.05, 0.1) is 0 Å². The van der Waals surface area contributed by atoms with Crippen LogP contribution in [0.4, 0.5) is 0 Å². The summed E-state index contributed by atoms with van der Waals surface area (Å²) in [5.74, 6) is 0.382. The Kier molecular flexibility index (Phi) is 13.0. The van der Waals surface area contributed by atoms with Crippen LogP contribution in [-0.4, -0.2) is 11.1 Å². The van der Waals surface area contributed by atoms with Crippen LogP contribution in [0.1, 0.15) is 130 Å². The molecule has 3 heteroatoms. The number of hydrogen-bond donors (Lipinski definition) is 0. The molecule has 0 aliphatic heterocycles. The average molecular weight is 588 g/mol. The summed E-state index contributed by atoms with van der Waals surface area (Å²) in [4.78, 5) is 13.1. The molecule has 1 nitrogen and oxygen atoms in total. The second-order valence-corrected chi connectivity index (χ2v) is 14.6. The van der Waals surface area contributed by atoms with E-state index in [1.165, 1.54) is 27.8 Å². The Bertz CT molecular complexity index is 821. The zero-order chi connectivity index (χ0) is 26.5. The average Bonchev–Trinajstić information content (AvgIpc) is 3.29. The Balaban J connectivity index is 0.00000170. The van der Waals surface area contributed by atoms with Gasteiger partial charge in [-0.05, 0) is 18.3 Å². The molecule has 0 unspecified atom stereocenters. The van der Waals surface area contributed by atoms with Gasteiger partial charge in [-0.1, -0.05) is 115 Å². The van der Waals surface area contributed by atoms with Crippen molar-refractivity contribution < 1.29 is 21.9 Å². The van der Waals surface area contributed by atoms with Gasteiger partial charge in [0.1, 0.15) is 5.78 Å². The summed E-state index contributed by atoms with van der Waals surface area (Å²) in [6, 6.07) is 10.0. The Hall–Kier alpha value is -0.631. The third-order valence-corrected chi connectivity index (χ3v) is 6.68. The molecule has 0 amide bonds. The minimum Gasteiger partial charge on any atom is -0.299 e. The number of Topliss-reactive ketones (excluding diaryl/α,β-unsaturated/α-hetero) is 1. The molecule has 0 aromatic heterocycles. The van der Waals surface area contributed by atoms with Crippen molar-refractivity contribution in [3.05, 3.63) is 58.1 Å². The van der Waals surface area contributed by atoms with E-state index >= 15 is 0 Å². The van der Waals surface area contributed by atoms with Crippen LogP contribution in [0.3, 0.4) is 0 Å². The number of ketones is 1. The van der Waals surface area contributed by atoms with Crippen molar-refractivity contribution in [3.8, 4) is 0 Å². The maximum absolute atomic E-state index is 13.1. The van der Waals surface area contributed by atoms with E-state index in [-0.39, 0.29) is 38.7 Å². The van der Waals surface area contributed by atoms with Gasteiger partial charge in [0.25, 0.3) is 0 Å². The summed E-state index contributed by atoms with van der Waals surface area (Å²) in [5.41, 5.74) is 7.18.